The van der Waals surface area contributed by atoms with E-state index in [0.717, 1.165) is 42.0 Å². The second-order valence-corrected chi connectivity index (χ2v) is 48.5. The molecule has 0 spiro atoms. The van der Waals surface area contributed by atoms with Gasteiger partial charge in [0.05, 0.1) is 49.3 Å². The van der Waals surface area contributed by atoms with Crippen LogP contribution in [0.2, 0.25) is 0 Å². The second kappa shape index (κ2) is 60.2. The minimum absolute atomic E-state index is 0.288. The van der Waals surface area contributed by atoms with Crippen molar-refractivity contribution in [3.8, 4) is 0 Å². The molecule has 4 aliphatic carbocycles. The number of fused-ring (bicyclic) bond motifs is 20. The van der Waals surface area contributed by atoms with Crippen molar-refractivity contribution in [1.82, 2.24) is 42.5 Å². The van der Waals surface area contributed by atoms with Crippen LogP contribution in [-0.4, -0.2) is 137 Å². The summed E-state index contributed by atoms with van der Waals surface area (Å²) in [6.07, 6.45) is 80.4. The molecule has 5 aliphatic heterocycles. The number of hydrogen-bond acceptors (Lipinski definition) is 16. The predicted molar refractivity (Wildman–Crippen MR) is 517 cm³/mol. The Balaban J connectivity index is 1.08. The van der Waals surface area contributed by atoms with Gasteiger partial charge < -0.3 is 0 Å². The zero-order valence-electron chi connectivity index (χ0n) is 74.4. The van der Waals surface area contributed by atoms with Gasteiger partial charge in [-0.05, 0) is 196 Å². The molecular weight excluding hydrogens is 1520 g/mol. The second-order valence-electron chi connectivity index (χ2n) is 37.8. The Morgan fingerprint density at radius 3 is 0.348 bits per heavy atom. The number of hydrogen-bond donors (Lipinski definition) is 8. The first kappa shape index (κ1) is 98.3. The first-order valence-corrected chi connectivity index (χ1v) is 58.7. The van der Waals surface area contributed by atoms with Crippen LogP contribution >= 0.6 is 94.1 Å². The summed E-state index contributed by atoms with van der Waals surface area (Å²) in [5, 5.41) is 44.0. The molecule has 8 nitrogen and oxygen atoms in total. The molecule has 0 radical (unpaired) electrons. The smallest absolute Gasteiger partial charge is 0.0628 e. The van der Waals surface area contributed by atoms with Gasteiger partial charge in [0.1, 0.15) is 0 Å². The van der Waals surface area contributed by atoms with E-state index >= 15 is 0 Å². The van der Waals surface area contributed by atoms with Gasteiger partial charge in [-0.3, -0.25) is 42.5 Å². The number of unbranched alkanes of at least 4 members (excludes halogenated alkanes) is 40. The summed E-state index contributed by atoms with van der Waals surface area (Å²) < 4.78 is 0. The summed E-state index contributed by atoms with van der Waals surface area (Å²) >= 11 is 19.6. The first-order valence-electron chi connectivity index (χ1n) is 50.3. The highest BCUT2D eigenvalue weighted by Crippen LogP contribution is 2.54. The average Bonchev–Trinajstić information content (AvgIpc) is 1.59. The van der Waals surface area contributed by atoms with Crippen molar-refractivity contribution in [2.24, 2.45) is 47.3 Å². The summed E-state index contributed by atoms with van der Waals surface area (Å²) in [5.41, 5.74) is 0. The molecule has 656 valence electrons. The summed E-state index contributed by atoms with van der Waals surface area (Å²) in [7, 11) is 0. The fourth-order valence-corrected chi connectivity index (χ4v) is 34.8. The highest BCUT2D eigenvalue weighted by atomic mass is 32.2. The van der Waals surface area contributed by atoms with Crippen LogP contribution in [0.1, 0.15) is 415 Å². The van der Waals surface area contributed by atoms with Gasteiger partial charge in [0.25, 0.3) is 0 Å². The first-order chi connectivity index (χ1) is 55.3. The average molecular weight is 1710 g/mol. The molecule has 5 saturated heterocycles. The third kappa shape index (κ3) is 34.1. The van der Waals surface area contributed by atoms with Crippen LogP contribution < -0.4 is 42.5 Å². The number of rotatable bonds is 64. The van der Waals surface area contributed by atoms with Gasteiger partial charge >= 0.3 is 0 Å². The van der Waals surface area contributed by atoms with Gasteiger partial charge in [-0.2, -0.15) is 94.1 Å². The molecule has 112 heavy (non-hydrogen) atoms. The topological polar surface area (TPSA) is 96.2 Å². The summed E-state index contributed by atoms with van der Waals surface area (Å²) in [4.78, 5) is 0. The van der Waals surface area contributed by atoms with Crippen molar-refractivity contribution in [1.29, 1.82) is 0 Å². The highest BCUT2D eigenvalue weighted by Gasteiger charge is 2.59. The van der Waals surface area contributed by atoms with Crippen LogP contribution in [0, 0.1) is 47.3 Å². The standard InChI is InChI=1S/C96H184N8S8/c1-9-17-25-33-41-49-57-105-81-65-73-74(66-82(81)106-58-50-42-34-26-18-10-2)90-97-89(73)101-91-75-67-83(107-59-51-43-35-27-19-11-3)84(108-60-52-44-36-28-20-12-4)68-76(75)93(98-91)103-95-79-71-87(111-63-55-47-39-31-23-15-7)88(112-64-56-48-40-32-24-16-8)72-80(79)96(100-95)104-94-78-70-86(110-62-54-46-38-30-22-14-6)85(69-77(78)92(99-94)102-90)109-61-53-45-37-29-21-13-5/h73-104H,9-72H2,1-8H3. The fourth-order valence-electron chi connectivity index (χ4n) is 22.1. The number of nitrogens with one attached hydrogen (secondary N) is 8. The molecule has 9 fully saturated rings. The SMILES string of the molecule is CCCCCCCCSC1CC2C3NC(NC4NC(NC5NC(NC6NC(N3)C3CC(SCCCCCCCC)C(SCCCCCCCC)CC63)C3CC(SCCCCCCCC)C(SCCCCCCCC)CC53)C3CC(SCCCCCCCC)C(SCCCCCCCC)CC43)C2CC1SCCCCCCCC. The molecule has 4 saturated carbocycles. The van der Waals surface area contributed by atoms with Crippen molar-refractivity contribution >= 4 is 94.1 Å². The van der Waals surface area contributed by atoms with E-state index in [1.807, 2.05) is 0 Å². The van der Waals surface area contributed by atoms with Crippen LogP contribution in [0.15, 0.2) is 0 Å². The lowest BCUT2D eigenvalue weighted by molar-refractivity contribution is 0.175. The molecule has 8 bridgehead atoms. The van der Waals surface area contributed by atoms with Crippen LogP contribution in [0.25, 0.3) is 0 Å². The highest BCUT2D eigenvalue weighted by molar-refractivity contribution is 8.05. The Hall–Kier alpha value is 2.48. The molecule has 9 aliphatic rings. The third-order valence-electron chi connectivity index (χ3n) is 28.8. The van der Waals surface area contributed by atoms with E-state index < -0.39 is 0 Å². The largest absolute Gasteiger partial charge is 0.286 e. The Morgan fingerprint density at radius 2 is 0.241 bits per heavy atom. The van der Waals surface area contributed by atoms with E-state index in [9.17, 15) is 0 Å². The molecule has 0 aromatic carbocycles. The zero-order chi connectivity index (χ0) is 78.4. The normalized spacial score (nSPS) is 33.6. The lowest BCUT2D eigenvalue weighted by Gasteiger charge is -2.43. The summed E-state index contributed by atoms with van der Waals surface area (Å²) in [6.45, 7) is 19.1. The van der Waals surface area contributed by atoms with E-state index in [1.165, 1.54) is 406 Å². The Bertz CT molecular complexity index is 1840. The van der Waals surface area contributed by atoms with E-state index in [4.69, 9.17) is 42.5 Å². The minimum Gasteiger partial charge on any atom is -0.286 e. The molecule has 16 heteroatoms. The Labute approximate surface area is 730 Å². The maximum Gasteiger partial charge on any atom is 0.0628 e. The number of thioether (sulfide) groups is 8. The predicted octanol–water partition coefficient (Wildman–Crippen LogP) is 27.2. The fraction of sp³-hybridized carbons (Fsp3) is 1.00. The minimum atomic E-state index is 0.288. The van der Waals surface area contributed by atoms with Crippen LogP contribution in [0.3, 0.4) is 0 Å². The van der Waals surface area contributed by atoms with E-state index in [0.29, 0.717) is 47.3 Å². The summed E-state index contributed by atoms with van der Waals surface area (Å²) in [6, 6.07) is 0. The maximum absolute atomic E-state index is 4.82. The van der Waals surface area contributed by atoms with Gasteiger partial charge in [0.2, 0.25) is 0 Å². The molecule has 16 unspecified atom stereocenters. The molecule has 8 N–H and O–H groups in total. The van der Waals surface area contributed by atoms with Crippen LogP contribution in [-0.2, 0) is 0 Å². The monoisotopic (exact) mass is 1710 g/mol. The Morgan fingerprint density at radius 1 is 0.143 bits per heavy atom. The van der Waals surface area contributed by atoms with Gasteiger partial charge in [-0.25, -0.2) is 0 Å². The van der Waals surface area contributed by atoms with Crippen molar-refractivity contribution in [3.05, 3.63) is 0 Å². The maximum atomic E-state index is 4.82. The van der Waals surface area contributed by atoms with Crippen LogP contribution in [0.5, 0.6) is 0 Å². The van der Waals surface area contributed by atoms with Gasteiger partial charge in [0.15, 0.2) is 0 Å². The lowest BCUT2D eigenvalue weighted by Crippen LogP contribution is -2.61. The van der Waals surface area contributed by atoms with Crippen LogP contribution in [0.4, 0.5) is 0 Å². The molecule has 0 amide bonds. The van der Waals surface area contributed by atoms with Gasteiger partial charge in [0, 0.05) is 42.0 Å². The van der Waals surface area contributed by atoms with Crippen molar-refractivity contribution in [2.45, 2.75) is 506 Å². The van der Waals surface area contributed by atoms with E-state index in [2.05, 4.69) is 149 Å². The Kier molecular flexibility index (Phi) is 52.8. The molecule has 5 heterocycles. The van der Waals surface area contributed by atoms with Gasteiger partial charge in [-0.15, -0.1) is 0 Å². The lowest BCUT2D eigenvalue weighted by atomic mass is 9.75. The molecule has 0 aromatic rings. The van der Waals surface area contributed by atoms with E-state index in [-0.39, 0.29) is 49.3 Å². The third-order valence-corrected chi connectivity index (χ3v) is 41.3. The molecule has 16 atom stereocenters. The van der Waals surface area contributed by atoms with Gasteiger partial charge in [-0.1, -0.05) is 312 Å². The molecule has 9 rings (SSSR count). The zero-order valence-corrected chi connectivity index (χ0v) is 80.9. The molecular formula is C96H184N8S8. The van der Waals surface area contributed by atoms with Crippen molar-refractivity contribution in [2.75, 3.05) is 46.0 Å². The van der Waals surface area contributed by atoms with E-state index in [1.54, 1.807) is 0 Å². The summed E-state index contributed by atoms with van der Waals surface area (Å²) in [5.74, 6) is 15.6. The van der Waals surface area contributed by atoms with Crippen molar-refractivity contribution < 1.29 is 0 Å². The quantitative estimate of drug-likeness (QED) is 0.0278. The molecule has 0 aromatic heterocycles. The van der Waals surface area contributed by atoms with Crippen molar-refractivity contribution in [3.63, 3.8) is 0 Å².